The molecule has 1 aliphatic rings. The Morgan fingerprint density at radius 3 is 2.59 bits per heavy atom. The minimum absolute atomic E-state index is 0.320. The lowest BCUT2D eigenvalue weighted by Crippen LogP contribution is -2.29. The number of carbonyl (C=O) groups is 1. The first kappa shape index (κ1) is 12.4. The Morgan fingerprint density at radius 1 is 1.41 bits per heavy atom. The number of halogens is 1. The molecule has 0 spiro atoms. The maximum absolute atomic E-state index is 10.9. The molecule has 1 aromatic carbocycles. The summed E-state index contributed by atoms with van der Waals surface area (Å²) in [6.45, 7) is 0. The number of anilines is 1. The molecule has 1 N–H and O–H groups in total. The van der Waals surface area contributed by atoms with E-state index in [0.29, 0.717) is 11.6 Å². The summed E-state index contributed by atoms with van der Waals surface area (Å²) in [7, 11) is 2.08. The van der Waals surface area contributed by atoms with E-state index in [1.165, 1.54) is 25.7 Å². The van der Waals surface area contributed by atoms with Crippen LogP contribution in [0.1, 0.15) is 36.0 Å². The van der Waals surface area contributed by atoms with Gasteiger partial charge in [0.1, 0.15) is 0 Å². The van der Waals surface area contributed by atoms with Crippen molar-refractivity contribution in [3.63, 3.8) is 0 Å². The van der Waals surface area contributed by atoms with Gasteiger partial charge in [-0.15, -0.1) is 0 Å². The third-order valence-electron chi connectivity index (χ3n) is 3.45. The molecule has 4 heteroatoms. The van der Waals surface area contributed by atoms with Crippen molar-refractivity contribution in [1.82, 2.24) is 0 Å². The Hall–Kier alpha value is -1.03. The summed E-state index contributed by atoms with van der Waals surface area (Å²) in [4.78, 5) is 13.1. The van der Waals surface area contributed by atoms with Crippen LogP contribution < -0.4 is 4.90 Å². The van der Waals surface area contributed by atoms with Crippen LogP contribution in [0.2, 0.25) is 0 Å². The molecule has 0 unspecified atom stereocenters. The smallest absolute Gasteiger partial charge is 0.335 e. The Morgan fingerprint density at radius 2 is 2.06 bits per heavy atom. The zero-order valence-corrected chi connectivity index (χ0v) is 11.4. The van der Waals surface area contributed by atoms with Crippen LogP contribution in [0.25, 0.3) is 0 Å². The molecule has 1 aromatic rings. The van der Waals surface area contributed by atoms with Gasteiger partial charge in [-0.1, -0.05) is 12.8 Å². The summed E-state index contributed by atoms with van der Waals surface area (Å²) in [5, 5.41) is 8.92. The molecule has 0 heterocycles. The van der Waals surface area contributed by atoms with Crippen LogP contribution in [0, 0.1) is 0 Å². The zero-order valence-electron chi connectivity index (χ0n) is 9.82. The molecule has 0 amide bonds. The molecule has 1 fully saturated rings. The molecule has 0 aromatic heterocycles. The lowest BCUT2D eigenvalue weighted by molar-refractivity contribution is 0.0697. The number of rotatable bonds is 3. The number of hydrogen-bond acceptors (Lipinski definition) is 2. The van der Waals surface area contributed by atoms with Gasteiger partial charge in [0.25, 0.3) is 0 Å². The third kappa shape index (κ3) is 2.63. The average molecular weight is 298 g/mol. The topological polar surface area (TPSA) is 40.5 Å². The minimum atomic E-state index is -0.888. The first-order valence-corrected chi connectivity index (χ1v) is 6.64. The van der Waals surface area contributed by atoms with Crippen LogP contribution in [0.4, 0.5) is 5.69 Å². The monoisotopic (exact) mass is 297 g/mol. The maximum atomic E-state index is 10.9. The molecule has 1 saturated carbocycles. The highest BCUT2D eigenvalue weighted by Crippen LogP contribution is 2.32. The molecule has 0 atom stereocenters. The van der Waals surface area contributed by atoms with E-state index in [4.69, 9.17) is 5.11 Å². The van der Waals surface area contributed by atoms with Crippen molar-refractivity contribution >= 4 is 27.6 Å². The van der Waals surface area contributed by atoms with Gasteiger partial charge >= 0.3 is 5.97 Å². The first-order valence-electron chi connectivity index (χ1n) is 5.85. The number of carboxylic acids is 1. The van der Waals surface area contributed by atoms with Crippen LogP contribution in [0.15, 0.2) is 22.7 Å². The third-order valence-corrected chi connectivity index (χ3v) is 4.08. The Balaban J connectivity index is 2.23. The van der Waals surface area contributed by atoms with E-state index in [2.05, 4.69) is 27.9 Å². The molecule has 1 aliphatic carbocycles. The highest BCUT2D eigenvalue weighted by Gasteiger charge is 2.21. The summed E-state index contributed by atoms with van der Waals surface area (Å²) >= 11 is 3.46. The molecule has 92 valence electrons. The quantitative estimate of drug-likeness (QED) is 0.928. The fourth-order valence-electron chi connectivity index (χ4n) is 2.41. The molecular weight excluding hydrogens is 282 g/mol. The molecule has 17 heavy (non-hydrogen) atoms. The van der Waals surface area contributed by atoms with E-state index in [9.17, 15) is 4.79 Å². The maximum Gasteiger partial charge on any atom is 0.335 e. The van der Waals surface area contributed by atoms with Crippen molar-refractivity contribution in [3.8, 4) is 0 Å². The highest BCUT2D eigenvalue weighted by atomic mass is 79.9. The second-order valence-electron chi connectivity index (χ2n) is 4.52. The van der Waals surface area contributed by atoms with E-state index < -0.39 is 5.97 Å². The summed E-state index contributed by atoms with van der Waals surface area (Å²) in [5.74, 6) is -0.888. The Bertz CT molecular complexity index is 427. The Kier molecular flexibility index (Phi) is 3.72. The van der Waals surface area contributed by atoms with Crippen molar-refractivity contribution in [1.29, 1.82) is 0 Å². The Labute approximate surface area is 110 Å². The van der Waals surface area contributed by atoms with E-state index in [1.54, 1.807) is 12.1 Å². The molecule has 0 bridgehead atoms. The number of hydrogen-bond donors (Lipinski definition) is 1. The second-order valence-corrected chi connectivity index (χ2v) is 5.37. The fraction of sp³-hybridized carbons (Fsp3) is 0.462. The highest BCUT2D eigenvalue weighted by molar-refractivity contribution is 9.10. The number of carboxylic acid groups (broad SMARTS) is 1. The molecule has 3 nitrogen and oxygen atoms in total. The molecule has 0 saturated heterocycles. The average Bonchev–Trinajstić information content (AvgIpc) is 2.81. The van der Waals surface area contributed by atoms with Crippen molar-refractivity contribution in [3.05, 3.63) is 28.2 Å². The van der Waals surface area contributed by atoms with E-state index in [1.807, 2.05) is 6.07 Å². The summed E-state index contributed by atoms with van der Waals surface area (Å²) in [6.07, 6.45) is 5.03. The van der Waals surface area contributed by atoms with E-state index in [0.717, 1.165) is 10.2 Å². The van der Waals surface area contributed by atoms with Gasteiger partial charge < -0.3 is 10.0 Å². The van der Waals surface area contributed by atoms with E-state index >= 15 is 0 Å². The molecule has 2 rings (SSSR count). The van der Waals surface area contributed by atoms with Crippen LogP contribution in [0.5, 0.6) is 0 Å². The summed E-state index contributed by atoms with van der Waals surface area (Å²) in [6, 6.07) is 5.80. The van der Waals surface area contributed by atoms with Crippen LogP contribution in [0.3, 0.4) is 0 Å². The number of aromatic carboxylic acids is 1. The van der Waals surface area contributed by atoms with Crippen molar-refractivity contribution < 1.29 is 9.90 Å². The van der Waals surface area contributed by atoms with Gasteiger partial charge in [0.05, 0.1) is 11.3 Å². The second kappa shape index (κ2) is 5.08. The van der Waals surface area contributed by atoms with Crippen LogP contribution >= 0.6 is 15.9 Å². The van der Waals surface area contributed by atoms with Gasteiger partial charge in [-0.3, -0.25) is 0 Å². The van der Waals surface area contributed by atoms with Crippen LogP contribution in [-0.4, -0.2) is 24.2 Å². The lowest BCUT2D eigenvalue weighted by Gasteiger charge is -2.27. The van der Waals surface area contributed by atoms with Gasteiger partial charge in [-0.25, -0.2) is 4.79 Å². The van der Waals surface area contributed by atoms with Crippen molar-refractivity contribution in [2.45, 2.75) is 31.7 Å². The SMILES string of the molecule is CN(c1ccc(C(=O)O)cc1Br)C1CCCC1. The van der Waals surface area contributed by atoms with Gasteiger partial charge in [-0.05, 0) is 47.0 Å². The van der Waals surface area contributed by atoms with Crippen molar-refractivity contribution in [2.24, 2.45) is 0 Å². The molecule has 0 radical (unpaired) electrons. The zero-order chi connectivity index (χ0) is 12.4. The van der Waals surface area contributed by atoms with Gasteiger partial charge in [0, 0.05) is 17.6 Å². The predicted octanol–water partition coefficient (Wildman–Crippen LogP) is 3.53. The molecular formula is C13H16BrNO2. The fourth-order valence-corrected chi connectivity index (χ4v) is 3.07. The largest absolute Gasteiger partial charge is 0.478 e. The molecule has 0 aliphatic heterocycles. The van der Waals surface area contributed by atoms with Crippen LogP contribution in [-0.2, 0) is 0 Å². The number of benzene rings is 1. The first-order chi connectivity index (χ1) is 8.09. The predicted molar refractivity (Wildman–Crippen MR) is 71.8 cm³/mol. The van der Waals surface area contributed by atoms with Gasteiger partial charge in [0.2, 0.25) is 0 Å². The normalized spacial score (nSPS) is 16.1. The standard InChI is InChI=1S/C13H16BrNO2/c1-15(10-4-2-3-5-10)12-7-6-9(13(16)17)8-11(12)14/h6-8,10H,2-5H2,1H3,(H,16,17). The summed E-state index contributed by atoms with van der Waals surface area (Å²) in [5.41, 5.74) is 1.39. The van der Waals surface area contributed by atoms with Gasteiger partial charge in [0.15, 0.2) is 0 Å². The minimum Gasteiger partial charge on any atom is -0.478 e. The van der Waals surface area contributed by atoms with Crippen molar-refractivity contribution in [2.75, 3.05) is 11.9 Å². The van der Waals surface area contributed by atoms with E-state index in [-0.39, 0.29) is 0 Å². The summed E-state index contributed by atoms with van der Waals surface area (Å²) < 4.78 is 0.854. The van der Waals surface area contributed by atoms with Gasteiger partial charge in [-0.2, -0.15) is 0 Å². The lowest BCUT2D eigenvalue weighted by atomic mass is 10.1. The number of nitrogens with zero attached hydrogens (tertiary/aromatic N) is 1.